The zero-order chi connectivity index (χ0) is 12.1. The van der Waals surface area contributed by atoms with Crippen LogP contribution in [0.1, 0.15) is 24.6 Å². The van der Waals surface area contributed by atoms with Crippen molar-refractivity contribution >= 4 is 18.6 Å². The molecular formula is C13H19BOSY-. The zero-order valence-electron chi connectivity index (χ0n) is 11.4. The molecule has 3 atom stereocenters. The second kappa shape index (κ2) is 8.09. The number of rotatable bonds is 6. The van der Waals surface area contributed by atoms with Crippen molar-refractivity contribution in [1.29, 1.82) is 1.43 Å². The molecule has 0 spiro atoms. The summed E-state index contributed by atoms with van der Waals surface area (Å²) in [5, 5.41) is 7.74. The smallest absolute Gasteiger partial charge is 0.210 e. The summed E-state index contributed by atoms with van der Waals surface area (Å²) in [4.78, 5) is 1.43. The van der Waals surface area contributed by atoms with Gasteiger partial charge in [-0.1, -0.05) is 38.3 Å². The Morgan fingerprint density at radius 2 is 2.59 bits per heavy atom. The summed E-state index contributed by atoms with van der Waals surface area (Å²) in [6, 6.07) is 4.16. The molecule has 90 valence electrons. The number of thiophene rings is 1. The van der Waals surface area contributed by atoms with Gasteiger partial charge in [0.05, 0.1) is 0 Å². The van der Waals surface area contributed by atoms with Gasteiger partial charge in [-0.15, -0.1) is 10.3 Å². The van der Waals surface area contributed by atoms with Gasteiger partial charge in [0.2, 0.25) is 1.43 Å². The van der Waals surface area contributed by atoms with E-state index in [1.165, 1.54) is 30.5 Å². The van der Waals surface area contributed by atoms with E-state index in [1.54, 1.807) is 11.3 Å². The van der Waals surface area contributed by atoms with Crippen LogP contribution < -0.4 is 0 Å². The predicted octanol–water partition coefficient (Wildman–Crippen LogP) is 3.04. The molecule has 1 aromatic rings. The van der Waals surface area contributed by atoms with Gasteiger partial charge in [-0.3, -0.25) is 0 Å². The van der Waals surface area contributed by atoms with E-state index in [-0.39, 0.29) is 32.7 Å². The van der Waals surface area contributed by atoms with Crippen LogP contribution >= 0.6 is 11.3 Å². The Balaban J connectivity index is 0.00000162. The quantitative estimate of drug-likeness (QED) is 0.630. The monoisotopic (exact) mass is 324 g/mol. The molecular weight excluding hydrogens is 304 g/mol. The van der Waals surface area contributed by atoms with Gasteiger partial charge in [0.15, 0.2) is 0 Å². The first-order chi connectivity index (χ1) is 8.31. The average molecular weight is 324 g/mol. The van der Waals surface area contributed by atoms with Crippen molar-refractivity contribution in [3.63, 3.8) is 0 Å². The van der Waals surface area contributed by atoms with E-state index >= 15 is 0 Å². The number of hydrogen-bond acceptors (Lipinski definition) is 2. The SMILES string of the molecule is [2H]OC[C@H]1C(C)C[B][C@@H]1CCCc1cc[c-]s1.[Y]. The third kappa shape index (κ3) is 4.45. The maximum absolute atomic E-state index is 6.92. The summed E-state index contributed by atoms with van der Waals surface area (Å²) in [5.74, 6) is 1.89. The fourth-order valence-electron chi connectivity index (χ4n) is 2.70. The van der Waals surface area contributed by atoms with Crippen molar-refractivity contribution in [2.75, 3.05) is 6.61 Å². The summed E-state index contributed by atoms with van der Waals surface area (Å²) in [6.07, 6.45) is 4.82. The van der Waals surface area contributed by atoms with Crippen molar-refractivity contribution in [2.45, 2.75) is 38.3 Å². The van der Waals surface area contributed by atoms with Crippen LogP contribution in [-0.4, -0.2) is 20.4 Å². The second-order valence-corrected chi connectivity index (χ2v) is 5.82. The first-order valence-electron chi connectivity index (χ1n) is 6.58. The molecule has 0 bridgehead atoms. The first kappa shape index (κ1) is 14.2. The van der Waals surface area contributed by atoms with Gasteiger partial charge in [-0.05, 0) is 11.8 Å². The van der Waals surface area contributed by atoms with E-state index in [1.807, 2.05) is 6.07 Å². The van der Waals surface area contributed by atoms with Gasteiger partial charge in [-0.25, -0.2) is 6.07 Å². The normalized spacial score (nSPS) is 28.3. The van der Waals surface area contributed by atoms with Gasteiger partial charge >= 0.3 is 0 Å². The Morgan fingerprint density at radius 1 is 1.71 bits per heavy atom. The minimum atomic E-state index is 0. The third-order valence-corrected chi connectivity index (χ3v) is 4.63. The topological polar surface area (TPSA) is 20.2 Å². The molecule has 4 heteroatoms. The molecule has 1 saturated heterocycles. The first-order valence-corrected chi connectivity index (χ1v) is 6.99. The Labute approximate surface area is 136 Å². The second-order valence-electron chi connectivity index (χ2n) is 4.85. The summed E-state index contributed by atoms with van der Waals surface area (Å²) in [6.45, 7) is 2.86. The van der Waals surface area contributed by atoms with Gasteiger partial charge < -0.3 is 16.4 Å². The summed E-state index contributed by atoms with van der Waals surface area (Å²) in [5.41, 5.74) is 0. The van der Waals surface area contributed by atoms with E-state index in [0.29, 0.717) is 24.3 Å². The van der Waals surface area contributed by atoms with Crippen LogP contribution in [0.15, 0.2) is 12.1 Å². The Morgan fingerprint density at radius 3 is 3.29 bits per heavy atom. The maximum Gasteiger partial charge on any atom is 0.210 e. The molecule has 2 radical (unpaired) electrons. The average Bonchev–Trinajstić information content (AvgIpc) is 2.93. The van der Waals surface area contributed by atoms with E-state index in [0.717, 1.165) is 0 Å². The molecule has 1 nitrogen and oxygen atoms in total. The van der Waals surface area contributed by atoms with Crippen molar-refractivity contribution in [1.82, 2.24) is 0 Å². The Kier molecular flexibility index (Phi) is 6.78. The molecule has 2 rings (SSSR count). The largest absolute Gasteiger partial charge is 0.396 e. The third-order valence-electron chi connectivity index (χ3n) is 3.77. The maximum atomic E-state index is 6.92. The predicted molar refractivity (Wildman–Crippen MR) is 70.1 cm³/mol. The molecule has 0 saturated carbocycles. The molecule has 0 aliphatic carbocycles. The van der Waals surface area contributed by atoms with Crippen molar-refractivity contribution in [3.8, 4) is 0 Å². The van der Waals surface area contributed by atoms with Crippen LogP contribution in [0.2, 0.25) is 12.1 Å². The number of aliphatic hydroxyl groups excluding tert-OH is 1. The molecule has 2 heterocycles. The van der Waals surface area contributed by atoms with Crippen molar-refractivity contribution in [3.05, 3.63) is 22.4 Å². The molecule has 1 fully saturated rings. The fraction of sp³-hybridized carbons (Fsp3) is 0.692. The van der Waals surface area contributed by atoms with Gasteiger partial charge in [0, 0.05) is 39.3 Å². The van der Waals surface area contributed by atoms with Crippen LogP contribution in [-0.2, 0) is 39.1 Å². The van der Waals surface area contributed by atoms with Crippen molar-refractivity contribution in [2.24, 2.45) is 11.8 Å². The van der Waals surface area contributed by atoms with E-state index in [4.69, 9.17) is 1.43 Å². The van der Waals surface area contributed by atoms with Gasteiger partial charge in [-0.2, -0.15) is 6.07 Å². The molecule has 0 aromatic carbocycles. The van der Waals surface area contributed by atoms with Crippen LogP contribution in [0.4, 0.5) is 0 Å². The van der Waals surface area contributed by atoms with Crippen LogP contribution in [0.3, 0.4) is 0 Å². The number of hydrogen-bond donors (Lipinski definition) is 1. The standard InChI is InChI=1S/C13H19BOS.Y/c1-10-8-14-13(12(10)9-15)6-2-4-11-5-3-7-16-11;/h3,5,10,12-13,15H,2,4,6,8-9H2,1H3;/q-1;/t10?,12-,13+;/m0./s1/i15D;. The van der Waals surface area contributed by atoms with Gasteiger partial charge in [0.1, 0.15) is 7.28 Å². The van der Waals surface area contributed by atoms with Gasteiger partial charge in [0.25, 0.3) is 0 Å². The van der Waals surface area contributed by atoms with E-state index in [9.17, 15) is 0 Å². The summed E-state index contributed by atoms with van der Waals surface area (Å²) < 4.78 is 6.92. The molecule has 1 aliphatic rings. The minimum Gasteiger partial charge on any atom is -0.396 e. The van der Waals surface area contributed by atoms with Crippen molar-refractivity contribution < 1.29 is 37.8 Å². The number of aliphatic hydroxyl groups is 1. The molecule has 1 unspecified atom stereocenters. The molecule has 1 aliphatic heterocycles. The summed E-state index contributed by atoms with van der Waals surface area (Å²) in [7, 11) is 2.44. The molecule has 17 heavy (non-hydrogen) atoms. The van der Waals surface area contributed by atoms with E-state index in [2.05, 4.69) is 30.8 Å². The molecule has 1 aromatic heterocycles. The minimum absolute atomic E-state index is 0. The van der Waals surface area contributed by atoms with Crippen LogP contribution in [0.5, 0.6) is 0 Å². The van der Waals surface area contributed by atoms with Crippen LogP contribution in [0.25, 0.3) is 0 Å². The Hall–Kier alpha value is 0.829. The van der Waals surface area contributed by atoms with Crippen LogP contribution in [0, 0.1) is 17.2 Å². The Bertz CT molecular complexity index is 323. The fourth-order valence-corrected chi connectivity index (χ4v) is 3.37. The van der Waals surface area contributed by atoms with E-state index < -0.39 is 0 Å². The zero-order valence-corrected chi connectivity index (χ0v) is 14.0. The number of aryl methyl sites for hydroxylation is 1. The summed E-state index contributed by atoms with van der Waals surface area (Å²) >= 11 is 1.73. The molecule has 0 amide bonds. The molecule has 1 N–H and O–H groups in total.